The molecule has 0 saturated heterocycles. The molecule has 1 amide bonds. The summed E-state index contributed by atoms with van der Waals surface area (Å²) in [4.78, 5) is 18.0. The maximum absolute atomic E-state index is 12.4. The van der Waals surface area contributed by atoms with Gasteiger partial charge >= 0.3 is 0 Å². The number of aromatic nitrogens is 1. The second-order valence-electron chi connectivity index (χ2n) is 7.14. The summed E-state index contributed by atoms with van der Waals surface area (Å²) in [6.07, 6.45) is 3.79. The van der Waals surface area contributed by atoms with Crippen LogP contribution in [0.1, 0.15) is 36.6 Å². The molecule has 1 heterocycles. The van der Waals surface area contributed by atoms with Gasteiger partial charge in [0.1, 0.15) is 0 Å². The summed E-state index contributed by atoms with van der Waals surface area (Å²) in [5.74, 6) is -0.0786. The number of nitrogens with zero attached hydrogens (tertiary/aromatic N) is 2. The molecule has 0 saturated carbocycles. The third kappa shape index (κ3) is 6.46. The molecular formula is C23H27Cl2N3OS. The summed E-state index contributed by atoms with van der Waals surface area (Å²) >= 11 is 7.67. The topological polar surface area (TPSA) is 46.4 Å². The van der Waals surface area contributed by atoms with E-state index in [1.165, 1.54) is 29.7 Å². The zero-order valence-corrected chi connectivity index (χ0v) is 19.8. The number of benzene rings is 2. The number of hydrogen-bond acceptors (Lipinski definition) is 3. The monoisotopic (exact) mass is 463 g/mol. The third-order valence-corrected chi connectivity index (χ3v) is 6.17. The molecule has 7 heteroatoms. The van der Waals surface area contributed by atoms with Crippen LogP contribution >= 0.6 is 35.3 Å². The molecule has 30 heavy (non-hydrogen) atoms. The molecule has 0 atom stereocenters. The average Bonchev–Trinajstić information content (AvgIpc) is 3.03. The molecule has 2 aromatic carbocycles. The van der Waals surface area contributed by atoms with Crippen molar-refractivity contribution < 1.29 is 4.79 Å². The Kier molecular flexibility index (Phi) is 9.15. The van der Waals surface area contributed by atoms with Gasteiger partial charge in [-0.1, -0.05) is 43.1 Å². The Morgan fingerprint density at radius 2 is 1.93 bits per heavy atom. The molecule has 3 rings (SSSR count). The van der Waals surface area contributed by atoms with Gasteiger partial charge in [0.25, 0.3) is 0 Å². The van der Waals surface area contributed by atoms with Crippen LogP contribution in [0.2, 0.25) is 5.02 Å². The SMILES string of the molecule is CCCCc1ccc(/N=c2/scc(CC(=O)Nc3ccc(C)c(Cl)c3)n2C)cc1.Cl. The molecule has 4 nitrogen and oxygen atoms in total. The van der Waals surface area contributed by atoms with Crippen molar-refractivity contribution in [1.29, 1.82) is 0 Å². The van der Waals surface area contributed by atoms with Gasteiger partial charge < -0.3 is 9.88 Å². The van der Waals surface area contributed by atoms with E-state index in [1.54, 1.807) is 6.07 Å². The standard InChI is InChI=1S/C23H26ClN3OS.ClH/c1-4-5-6-17-8-11-18(12-9-17)26-23-27(3)20(15-29-23)14-22(28)25-19-10-7-16(2)21(24)13-19;/h7-13,15H,4-6,14H2,1-3H3,(H,25,28);1H/b26-23+;. The normalized spacial score (nSPS) is 11.3. The van der Waals surface area contributed by atoms with E-state index in [9.17, 15) is 4.79 Å². The lowest BCUT2D eigenvalue weighted by Gasteiger charge is -2.07. The number of hydrogen-bond donors (Lipinski definition) is 1. The van der Waals surface area contributed by atoms with E-state index >= 15 is 0 Å². The van der Waals surface area contributed by atoms with Gasteiger partial charge in [-0.05, 0) is 55.2 Å². The molecule has 0 spiro atoms. The molecule has 1 aromatic heterocycles. The summed E-state index contributed by atoms with van der Waals surface area (Å²) in [7, 11) is 1.94. The Hall–Kier alpha value is -2.08. The molecule has 0 fully saturated rings. The molecule has 0 unspecified atom stereocenters. The zero-order chi connectivity index (χ0) is 20.8. The van der Waals surface area contributed by atoms with Gasteiger partial charge in [-0.2, -0.15) is 0 Å². The van der Waals surface area contributed by atoms with Crippen LogP contribution in [-0.4, -0.2) is 10.5 Å². The fourth-order valence-electron chi connectivity index (χ4n) is 2.93. The number of aryl methyl sites for hydroxylation is 2. The molecule has 160 valence electrons. The number of halogens is 2. The van der Waals surface area contributed by atoms with Crippen molar-refractivity contribution in [3.8, 4) is 0 Å². The van der Waals surface area contributed by atoms with E-state index in [2.05, 4.69) is 36.5 Å². The van der Waals surface area contributed by atoms with Crippen molar-refractivity contribution in [3.63, 3.8) is 0 Å². The van der Waals surface area contributed by atoms with E-state index in [0.717, 1.165) is 28.2 Å². The average molecular weight is 464 g/mol. The van der Waals surface area contributed by atoms with Crippen LogP contribution in [0.4, 0.5) is 11.4 Å². The Bertz CT molecular complexity index is 1060. The number of anilines is 1. The number of unbranched alkanes of at least 4 members (excludes halogenated alkanes) is 1. The predicted molar refractivity (Wildman–Crippen MR) is 129 cm³/mol. The fraction of sp³-hybridized carbons (Fsp3) is 0.304. The minimum Gasteiger partial charge on any atom is -0.326 e. The van der Waals surface area contributed by atoms with Gasteiger partial charge in [-0.25, -0.2) is 4.99 Å². The van der Waals surface area contributed by atoms with Crippen LogP contribution < -0.4 is 10.1 Å². The Morgan fingerprint density at radius 3 is 2.60 bits per heavy atom. The van der Waals surface area contributed by atoms with Crippen molar-refractivity contribution in [2.45, 2.75) is 39.5 Å². The highest BCUT2D eigenvalue weighted by Crippen LogP contribution is 2.20. The van der Waals surface area contributed by atoms with Gasteiger partial charge in [0, 0.05) is 28.8 Å². The van der Waals surface area contributed by atoms with Crippen molar-refractivity contribution in [1.82, 2.24) is 4.57 Å². The molecule has 3 aromatic rings. The number of carbonyl (C=O) groups excluding carboxylic acids is 1. The number of amides is 1. The lowest BCUT2D eigenvalue weighted by Crippen LogP contribution is -2.19. The zero-order valence-electron chi connectivity index (χ0n) is 17.4. The quantitative estimate of drug-likeness (QED) is 0.443. The van der Waals surface area contributed by atoms with E-state index < -0.39 is 0 Å². The van der Waals surface area contributed by atoms with Crippen LogP contribution in [0.5, 0.6) is 0 Å². The number of rotatable bonds is 7. The van der Waals surface area contributed by atoms with Crippen LogP contribution in [0.3, 0.4) is 0 Å². The van der Waals surface area contributed by atoms with Crippen LogP contribution in [0, 0.1) is 6.92 Å². The Balaban J connectivity index is 0.00000320. The lowest BCUT2D eigenvalue weighted by atomic mass is 10.1. The van der Waals surface area contributed by atoms with Gasteiger partial charge in [-0.3, -0.25) is 4.79 Å². The van der Waals surface area contributed by atoms with E-state index in [1.807, 2.05) is 36.1 Å². The first-order valence-corrected chi connectivity index (χ1v) is 11.0. The number of carbonyl (C=O) groups is 1. The second-order valence-corrected chi connectivity index (χ2v) is 8.38. The first-order chi connectivity index (χ1) is 14.0. The van der Waals surface area contributed by atoms with Gasteiger partial charge in [0.05, 0.1) is 12.1 Å². The maximum Gasteiger partial charge on any atom is 0.230 e. The summed E-state index contributed by atoms with van der Waals surface area (Å²) in [5, 5.41) is 5.53. The predicted octanol–water partition coefficient (Wildman–Crippen LogP) is 6.23. The molecule has 0 bridgehead atoms. The lowest BCUT2D eigenvalue weighted by molar-refractivity contribution is -0.115. The first-order valence-electron chi connectivity index (χ1n) is 9.79. The van der Waals surface area contributed by atoms with Crippen molar-refractivity contribution >= 4 is 52.6 Å². The third-order valence-electron chi connectivity index (χ3n) is 4.80. The van der Waals surface area contributed by atoms with Crippen LogP contribution in [0.25, 0.3) is 0 Å². The molecule has 0 radical (unpaired) electrons. The van der Waals surface area contributed by atoms with Gasteiger partial charge in [-0.15, -0.1) is 23.7 Å². The highest BCUT2D eigenvalue weighted by molar-refractivity contribution is 7.07. The highest BCUT2D eigenvalue weighted by atomic mass is 35.5. The highest BCUT2D eigenvalue weighted by Gasteiger charge is 2.09. The Labute approximate surface area is 193 Å². The molecular weight excluding hydrogens is 437 g/mol. The van der Waals surface area contributed by atoms with Crippen molar-refractivity contribution in [2.75, 3.05) is 5.32 Å². The summed E-state index contributed by atoms with van der Waals surface area (Å²) < 4.78 is 1.97. The maximum atomic E-state index is 12.4. The van der Waals surface area contributed by atoms with E-state index in [-0.39, 0.29) is 24.7 Å². The summed E-state index contributed by atoms with van der Waals surface area (Å²) in [6.45, 7) is 4.14. The molecule has 0 aliphatic carbocycles. The molecule has 0 aliphatic heterocycles. The minimum absolute atomic E-state index is 0. The van der Waals surface area contributed by atoms with Crippen molar-refractivity contribution in [2.24, 2.45) is 12.0 Å². The van der Waals surface area contributed by atoms with Gasteiger partial charge in [0.15, 0.2) is 4.80 Å². The summed E-state index contributed by atoms with van der Waals surface area (Å²) in [6, 6.07) is 13.9. The fourth-order valence-corrected chi connectivity index (χ4v) is 4.03. The van der Waals surface area contributed by atoms with E-state index in [4.69, 9.17) is 16.6 Å². The van der Waals surface area contributed by atoms with Gasteiger partial charge in [0.2, 0.25) is 5.91 Å². The molecule has 0 aliphatic rings. The Morgan fingerprint density at radius 1 is 1.20 bits per heavy atom. The van der Waals surface area contributed by atoms with Crippen molar-refractivity contribution in [3.05, 3.63) is 74.5 Å². The minimum atomic E-state index is -0.0786. The number of thiazole rings is 1. The second kappa shape index (κ2) is 11.3. The smallest absolute Gasteiger partial charge is 0.230 e. The first kappa shape index (κ1) is 24.2. The van der Waals surface area contributed by atoms with Crippen LogP contribution in [-0.2, 0) is 24.7 Å². The molecule has 1 N–H and O–H groups in total. The number of nitrogens with one attached hydrogen (secondary N) is 1. The summed E-state index contributed by atoms with van der Waals surface area (Å²) in [5.41, 5.74) is 4.88. The largest absolute Gasteiger partial charge is 0.326 e. The van der Waals surface area contributed by atoms with E-state index in [0.29, 0.717) is 10.7 Å². The van der Waals surface area contributed by atoms with Crippen LogP contribution in [0.15, 0.2) is 52.8 Å².